The Hall–Kier alpha value is -3.19. The standard InChI is InChI=1S/C18H18N8O3S2/c1-31(28,29)12-2-3-13-14(10-12)30-18(19-13)20-17(27)11-6-8-25(9-7-11)16-5-4-15-21-23-24-26(15)22-16/h2-5,10-11H,6-9H2,1H3,(H,19,20,27). The van der Waals surface area contributed by atoms with Crippen LogP contribution in [0, 0.1) is 5.92 Å². The Bertz CT molecular complexity index is 1390. The van der Waals surface area contributed by atoms with Crippen LogP contribution in [-0.4, -0.2) is 63.9 Å². The molecule has 13 heteroatoms. The van der Waals surface area contributed by atoms with Gasteiger partial charge in [-0.25, -0.2) is 13.4 Å². The number of sulfone groups is 1. The van der Waals surface area contributed by atoms with E-state index in [9.17, 15) is 13.2 Å². The topological polar surface area (TPSA) is 135 Å². The van der Waals surface area contributed by atoms with E-state index in [1.54, 1.807) is 12.1 Å². The SMILES string of the molecule is CS(=O)(=O)c1ccc2nc(NC(=O)C3CCN(c4ccc5nnnn5n4)CC3)sc2c1. The van der Waals surface area contributed by atoms with Gasteiger partial charge in [0.15, 0.2) is 26.4 Å². The highest BCUT2D eigenvalue weighted by Crippen LogP contribution is 2.29. The van der Waals surface area contributed by atoms with Crippen molar-refractivity contribution in [3.8, 4) is 0 Å². The molecule has 3 aromatic heterocycles. The lowest BCUT2D eigenvalue weighted by Gasteiger charge is -2.31. The minimum atomic E-state index is -3.29. The van der Waals surface area contributed by atoms with Gasteiger partial charge in [0.1, 0.15) is 0 Å². The summed E-state index contributed by atoms with van der Waals surface area (Å²) in [5.41, 5.74) is 1.24. The van der Waals surface area contributed by atoms with Crippen LogP contribution in [0.25, 0.3) is 15.9 Å². The van der Waals surface area contributed by atoms with Crippen LogP contribution in [-0.2, 0) is 14.6 Å². The monoisotopic (exact) mass is 458 g/mol. The predicted octanol–water partition coefficient (Wildman–Crippen LogP) is 1.39. The van der Waals surface area contributed by atoms with Crippen LogP contribution in [0.1, 0.15) is 12.8 Å². The van der Waals surface area contributed by atoms with Crippen molar-refractivity contribution in [2.45, 2.75) is 17.7 Å². The first-order chi connectivity index (χ1) is 14.9. The van der Waals surface area contributed by atoms with Gasteiger partial charge in [0.2, 0.25) is 5.91 Å². The minimum Gasteiger partial charge on any atom is -0.355 e. The van der Waals surface area contributed by atoms with Gasteiger partial charge in [-0.3, -0.25) is 4.79 Å². The van der Waals surface area contributed by atoms with Gasteiger partial charge in [-0.2, -0.15) is 0 Å². The third kappa shape index (κ3) is 3.93. The molecule has 4 aromatic rings. The van der Waals surface area contributed by atoms with Gasteiger partial charge in [0.05, 0.1) is 15.1 Å². The second-order valence-corrected chi connectivity index (χ2v) is 10.4. The van der Waals surface area contributed by atoms with E-state index in [1.807, 2.05) is 12.1 Å². The van der Waals surface area contributed by atoms with E-state index >= 15 is 0 Å². The van der Waals surface area contributed by atoms with Crippen molar-refractivity contribution in [1.82, 2.24) is 30.2 Å². The number of nitrogens with one attached hydrogen (secondary N) is 1. The fourth-order valence-electron chi connectivity index (χ4n) is 3.58. The molecule has 1 N–H and O–H groups in total. The molecular weight excluding hydrogens is 440 g/mol. The number of carbonyl (C=O) groups is 1. The average molecular weight is 459 g/mol. The van der Waals surface area contributed by atoms with Crippen LogP contribution in [0.5, 0.6) is 0 Å². The van der Waals surface area contributed by atoms with Gasteiger partial charge in [-0.1, -0.05) is 11.3 Å². The second kappa shape index (κ2) is 7.50. The lowest BCUT2D eigenvalue weighted by atomic mass is 9.96. The van der Waals surface area contributed by atoms with E-state index in [0.29, 0.717) is 42.2 Å². The molecule has 1 aliphatic heterocycles. The highest BCUT2D eigenvalue weighted by Gasteiger charge is 2.26. The van der Waals surface area contributed by atoms with E-state index in [1.165, 1.54) is 28.3 Å². The summed E-state index contributed by atoms with van der Waals surface area (Å²) in [5, 5.41) is 19.0. The smallest absolute Gasteiger partial charge is 0.229 e. The Morgan fingerprint density at radius 2 is 2.00 bits per heavy atom. The molecule has 5 rings (SSSR count). The van der Waals surface area contributed by atoms with Crippen molar-refractivity contribution in [3.05, 3.63) is 30.3 Å². The third-order valence-electron chi connectivity index (χ3n) is 5.26. The quantitative estimate of drug-likeness (QED) is 0.481. The molecule has 0 bridgehead atoms. The van der Waals surface area contributed by atoms with Crippen LogP contribution in [0.15, 0.2) is 35.2 Å². The first-order valence-electron chi connectivity index (χ1n) is 9.59. The molecule has 0 unspecified atom stereocenters. The number of fused-ring (bicyclic) bond motifs is 2. The number of hydrogen-bond donors (Lipinski definition) is 1. The van der Waals surface area contributed by atoms with Crippen molar-refractivity contribution in [2.75, 3.05) is 29.6 Å². The van der Waals surface area contributed by atoms with Gasteiger partial charge in [-0.15, -0.1) is 14.8 Å². The summed E-state index contributed by atoms with van der Waals surface area (Å²) in [6, 6.07) is 8.46. The normalized spacial score (nSPS) is 15.6. The summed E-state index contributed by atoms with van der Waals surface area (Å²) in [5.74, 6) is 0.559. The van der Waals surface area contributed by atoms with Gasteiger partial charge in [-0.05, 0) is 53.6 Å². The number of piperidine rings is 1. The lowest BCUT2D eigenvalue weighted by molar-refractivity contribution is -0.120. The number of anilines is 2. The Morgan fingerprint density at radius 1 is 1.19 bits per heavy atom. The number of hydrogen-bond acceptors (Lipinski definition) is 10. The Morgan fingerprint density at radius 3 is 2.77 bits per heavy atom. The molecule has 0 saturated carbocycles. The first kappa shape index (κ1) is 19.8. The highest BCUT2D eigenvalue weighted by molar-refractivity contribution is 7.90. The number of tetrazole rings is 1. The predicted molar refractivity (Wildman–Crippen MR) is 115 cm³/mol. The molecule has 11 nitrogen and oxygen atoms in total. The maximum Gasteiger partial charge on any atom is 0.229 e. The Kier molecular flexibility index (Phi) is 4.78. The van der Waals surface area contributed by atoms with Crippen molar-refractivity contribution in [2.24, 2.45) is 5.92 Å². The summed E-state index contributed by atoms with van der Waals surface area (Å²) >= 11 is 1.27. The minimum absolute atomic E-state index is 0.0778. The zero-order chi connectivity index (χ0) is 21.6. The van der Waals surface area contributed by atoms with E-state index in [2.05, 4.69) is 35.8 Å². The molecule has 4 heterocycles. The summed E-state index contributed by atoms with van der Waals surface area (Å²) < 4.78 is 25.6. The summed E-state index contributed by atoms with van der Waals surface area (Å²) in [6.45, 7) is 1.38. The third-order valence-corrected chi connectivity index (χ3v) is 7.31. The Balaban J connectivity index is 1.24. The summed E-state index contributed by atoms with van der Waals surface area (Å²) in [6.07, 6.45) is 2.54. The van der Waals surface area contributed by atoms with Gasteiger partial charge in [0.25, 0.3) is 0 Å². The summed E-state index contributed by atoms with van der Waals surface area (Å²) in [4.78, 5) is 19.5. The molecule has 1 aliphatic rings. The van der Waals surface area contributed by atoms with Crippen molar-refractivity contribution >= 4 is 53.9 Å². The molecule has 1 saturated heterocycles. The number of thiazole rings is 1. The van der Waals surface area contributed by atoms with Crippen LogP contribution >= 0.6 is 11.3 Å². The van der Waals surface area contributed by atoms with E-state index in [4.69, 9.17) is 0 Å². The number of benzene rings is 1. The molecule has 0 aliphatic carbocycles. The summed E-state index contributed by atoms with van der Waals surface area (Å²) in [7, 11) is -3.29. The van der Waals surface area contributed by atoms with Crippen LogP contribution in [0.2, 0.25) is 0 Å². The van der Waals surface area contributed by atoms with Gasteiger partial charge < -0.3 is 10.2 Å². The highest BCUT2D eigenvalue weighted by atomic mass is 32.2. The van der Waals surface area contributed by atoms with Gasteiger partial charge in [0, 0.05) is 25.3 Å². The van der Waals surface area contributed by atoms with Crippen molar-refractivity contribution in [1.29, 1.82) is 0 Å². The fourth-order valence-corrected chi connectivity index (χ4v) is 5.21. The molecule has 0 atom stereocenters. The van der Waals surface area contributed by atoms with Crippen molar-refractivity contribution in [3.63, 3.8) is 0 Å². The van der Waals surface area contributed by atoms with Gasteiger partial charge >= 0.3 is 0 Å². The zero-order valence-electron chi connectivity index (χ0n) is 16.5. The largest absolute Gasteiger partial charge is 0.355 e. The molecule has 1 amide bonds. The number of aromatic nitrogens is 6. The van der Waals surface area contributed by atoms with E-state index in [0.717, 1.165) is 10.5 Å². The zero-order valence-corrected chi connectivity index (χ0v) is 18.1. The second-order valence-electron chi connectivity index (χ2n) is 7.39. The molecule has 1 aromatic carbocycles. The number of rotatable bonds is 4. The molecule has 0 radical (unpaired) electrons. The van der Waals surface area contributed by atoms with Crippen LogP contribution in [0.4, 0.5) is 10.9 Å². The number of carbonyl (C=O) groups excluding carboxylic acids is 1. The van der Waals surface area contributed by atoms with Crippen molar-refractivity contribution < 1.29 is 13.2 Å². The van der Waals surface area contributed by atoms with E-state index in [-0.39, 0.29) is 16.7 Å². The molecule has 1 fully saturated rings. The Labute approximate surface area is 181 Å². The number of amides is 1. The maximum atomic E-state index is 12.7. The molecule has 160 valence electrons. The first-order valence-corrected chi connectivity index (χ1v) is 12.3. The average Bonchev–Trinajstić information content (AvgIpc) is 3.38. The van der Waals surface area contributed by atoms with Crippen LogP contribution < -0.4 is 10.2 Å². The lowest BCUT2D eigenvalue weighted by Crippen LogP contribution is -2.38. The van der Waals surface area contributed by atoms with E-state index < -0.39 is 9.84 Å². The molecule has 31 heavy (non-hydrogen) atoms. The number of nitrogens with zero attached hydrogens (tertiary/aromatic N) is 7. The van der Waals surface area contributed by atoms with Crippen LogP contribution in [0.3, 0.4) is 0 Å². The maximum absolute atomic E-state index is 12.7. The molecule has 0 spiro atoms. The molecular formula is C18H18N8O3S2. The fraction of sp³-hybridized carbons (Fsp3) is 0.333.